The minimum Gasteiger partial charge on any atom is -0.351 e. The highest BCUT2D eigenvalue weighted by Crippen LogP contribution is 2.36. The fourth-order valence-electron chi connectivity index (χ4n) is 4.94. The van der Waals surface area contributed by atoms with Gasteiger partial charge in [-0.25, -0.2) is 4.98 Å². The molecule has 0 aliphatic carbocycles. The second-order valence-corrected chi connectivity index (χ2v) is 10.3. The summed E-state index contributed by atoms with van der Waals surface area (Å²) in [6, 6.07) is 7.31. The van der Waals surface area contributed by atoms with E-state index in [0.717, 1.165) is 33.7 Å². The summed E-state index contributed by atoms with van der Waals surface area (Å²) in [5, 5.41) is 10.9. The van der Waals surface area contributed by atoms with Crippen LogP contribution in [0.5, 0.6) is 0 Å². The molecule has 4 heterocycles. The second-order valence-electron chi connectivity index (χ2n) is 9.86. The monoisotopic (exact) mass is 557 g/mol. The first-order valence-corrected chi connectivity index (χ1v) is 13.2. The van der Waals surface area contributed by atoms with E-state index in [1.165, 1.54) is 9.13 Å². The molecule has 0 aliphatic rings. The van der Waals surface area contributed by atoms with Crippen LogP contribution in [-0.4, -0.2) is 41.8 Å². The summed E-state index contributed by atoms with van der Waals surface area (Å²) in [6.45, 7) is 11.3. The molecule has 10 nitrogen and oxygen atoms in total. The van der Waals surface area contributed by atoms with Gasteiger partial charge >= 0.3 is 11.1 Å². The Morgan fingerprint density at radius 2 is 1.95 bits per heavy atom. The molecule has 1 aromatic carbocycles. The third-order valence-corrected chi connectivity index (χ3v) is 7.17. The number of aromatic nitrogens is 6. The lowest BCUT2D eigenvalue weighted by Gasteiger charge is -2.20. The number of halogens is 1. The average Bonchev–Trinajstić information content (AvgIpc) is 3.40. The van der Waals surface area contributed by atoms with Crippen LogP contribution < -0.4 is 16.4 Å². The molecule has 5 aromatic rings. The number of aromatic amines is 1. The number of carbonyl (C=O) groups excluding carboxylic acids is 1. The van der Waals surface area contributed by atoms with Gasteiger partial charge in [-0.2, -0.15) is 5.10 Å². The van der Waals surface area contributed by atoms with Gasteiger partial charge in [0, 0.05) is 30.2 Å². The van der Waals surface area contributed by atoms with Crippen LogP contribution in [0.25, 0.3) is 39.0 Å². The van der Waals surface area contributed by atoms with Gasteiger partial charge in [0.1, 0.15) is 0 Å². The van der Waals surface area contributed by atoms with Crippen molar-refractivity contribution < 1.29 is 4.79 Å². The predicted molar refractivity (Wildman–Crippen MR) is 156 cm³/mol. The molecule has 0 bridgehead atoms. The minimum absolute atomic E-state index is 0.0295. The summed E-state index contributed by atoms with van der Waals surface area (Å²) in [4.78, 5) is 48.7. The van der Waals surface area contributed by atoms with Gasteiger partial charge in [0.05, 0.1) is 39.3 Å². The Hall–Kier alpha value is -4.57. The highest BCUT2D eigenvalue weighted by molar-refractivity contribution is 6.34. The molecule has 0 aliphatic heterocycles. The van der Waals surface area contributed by atoms with E-state index in [-0.39, 0.29) is 30.6 Å². The van der Waals surface area contributed by atoms with E-state index in [0.29, 0.717) is 27.6 Å². The van der Waals surface area contributed by atoms with Crippen molar-refractivity contribution in [3.63, 3.8) is 0 Å². The zero-order valence-electron chi connectivity index (χ0n) is 22.6. The van der Waals surface area contributed by atoms with Crippen molar-refractivity contribution in [2.45, 2.75) is 40.2 Å². The van der Waals surface area contributed by atoms with Crippen LogP contribution >= 0.6 is 11.6 Å². The zero-order valence-corrected chi connectivity index (χ0v) is 23.3. The normalized spacial score (nSPS) is 11.4. The Morgan fingerprint density at radius 1 is 1.18 bits per heavy atom. The number of H-pyrrole nitrogens is 1. The number of nitrogens with zero attached hydrogens (tertiary/aromatic N) is 5. The molecule has 204 valence electrons. The zero-order chi connectivity index (χ0) is 28.7. The number of nitrogens with one attached hydrogen (secondary N) is 2. The summed E-state index contributed by atoms with van der Waals surface area (Å²) in [7, 11) is 0. The van der Waals surface area contributed by atoms with Crippen LogP contribution in [-0.2, 0) is 11.3 Å². The van der Waals surface area contributed by atoms with Crippen LogP contribution in [0, 0.1) is 13.8 Å². The van der Waals surface area contributed by atoms with Crippen molar-refractivity contribution in [2.24, 2.45) is 0 Å². The predicted octanol–water partition coefficient (Wildman–Crippen LogP) is 4.18. The molecule has 11 heteroatoms. The van der Waals surface area contributed by atoms with Crippen molar-refractivity contribution in [2.75, 3.05) is 6.54 Å². The van der Waals surface area contributed by atoms with Gasteiger partial charge in [-0.1, -0.05) is 38.1 Å². The number of hydrogen-bond donors (Lipinski definition) is 2. The topological polar surface area (TPSA) is 128 Å². The van der Waals surface area contributed by atoms with E-state index in [2.05, 4.69) is 27.1 Å². The fourth-order valence-corrected chi connectivity index (χ4v) is 5.18. The van der Waals surface area contributed by atoms with Crippen molar-refractivity contribution >= 4 is 39.6 Å². The SMILES string of the molecule is C=CC(=O)NCCn1c(=O)c(=O)n(-c2c(C)ccnc2C(C)C)c2nc(-c3c(C)ccc4[nH]ncc34)c(Cl)cc21. The van der Waals surface area contributed by atoms with E-state index >= 15 is 0 Å². The van der Waals surface area contributed by atoms with Crippen LogP contribution in [0.2, 0.25) is 5.02 Å². The first-order chi connectivity index (χ1) is 19.1. The van der Waals surface area contributed by atoms with E-state index < -0.39 is 11.1 Å². The summed E-state index contributed by atoms with van der Waals surface area (Å²) in [5.74, 6) is -0.428. The Bertz CT molecular complexity index is 1930. The lowest BCUT2D eigenvalue weighted by Crippen LogP contribution is -2.43. The first kappa shape index (κ1) is 27.0. The molecule has 2 N–H and O–H groups in total. The Balaban J connectivity index is 1.90. The lowest BCUT2D eigenvalue weighted by molar-refractivity contribution is -0.116. The highest BCUT2D eigenvalue weighted by Gasteiger charge is 2.24. The Kier molecular flexibility index (Phi) is 7.12. The number of pyridine rings is 2. The number of fused-ring (bicyclic) bond motifs is 2. The number of carbonyl (C=O) groups is 1. The van der Waals surface area contributed by atoms with Crippen LogP contribution in [0.3, 0.4) is 0 Å². The third-order valence-electron chi connectivity index (χ3n) is 6.88. The van der Waals surface area contributed by atoms with Gasteiger partial charge in [0.15, 0.2) is 5.65 Å². The number of rotatable bonds is 7. The largest absolute Gasteiger partial charge is 0.351 e. The first-order valence-electron chi connectivity index (χ1n) is 12.8. The second kappa shape index (κ2) is 10.5. The number of benzene rings is 1. The van der Waals surface area contributed by atoms with E-state index in [4.69, 9.17) is 16.6 Å². The molecule has 0 unspecified atom stereocenters. The van der Waals surface area contributed by atoms with Gasteiger partial charge in [0.2, 0.25) is 5.91 Å². The van der Waals surface area contributed by atoms with E-state index in [1.54, 1.807) is 24.5 Å². The molecule has 0 atom stereocenters. The molecule has 0 spiro atoms. The van der Waals surface area contributed by atoms with Crippen molar-refractivity contribution in [1.82, 2.24) is 34.6 Å². The molecule has 4 aromatic heterocycles. The molecule has 0 radical (unpaired) electrons. The molecule has 5 rings (SSSR count). The minimum atomic E-state index is -0.778. The maximum absolute atomic E-state index is 13.9. The van der Waals surface area contributed by atoms with Crippen LogP contribution in [0.4, 0.5) is 0 Å². The third kappa shape index (κ3) is 4.50. The molecule has 0 fully saturated rings. The van der Waals surface area contributed by atoms with Gasteiger partial charge in [-0.3, -0.25) is 33.6 Å². The molecule has 1 amide bonds. The summed E-state index contributed by atoms with van der Waals surface area (Å²) in [6.07, 6.45) is 4.53. The Morgan fingerprint density at radius 3 is 2.67 bits per heavy atom. The van der Waals surface area contributed by atoms with Crippen LogP contribution in [0.15, 0.2) is 58.9 Å². The molecule has 0 saturated carbocycles. The number of hydrogen-bond acceptors (Lipinski definition) is 6. The number of amides is 1. The quantitative estimate of drug-likeness (QED) is 0.228. The van der Waals surface area contributed by atoms with E-state index in [1.807, 2.05) is 39.8 Å². The summed E-state index contributed by atoms with van der Waals surface area (Å²) >= 11 is 6.87. The molecule has 40 heavy (non-hydrogen) atoms. The number of aryl methyl sites for hydroxylation is 2. The van der Waals surface area contributed by atoms with Crippen molar-refractivity contribution in [1.29, 1.82) is 0 Å². The van der Waals surface area contributed by atoms with Gasteiger partial charge in [0.25, 0.3) is 0 Å². The highest BCUT2D eigenvalue weighted by atomic mass is 35.5. The fraction of sp³-hybridized carbons (Fsp3) is 0.241. The van der Waals surface area contributed by atoms with Gasteiger partial charge in [-0.15, -0.1) is 0 Å². The van der Waals surface area contributed by atoms with Crippen molar-refractivity contribution in [3.8, 4) is 16.9 Å². The van der Waals surface area contributed by atoms with Gasteiger partial charge < -0.3 is 5.32 Å². The van der Waals surface area contributed by atoms with Crippen molar-refractivity contribution in [3.05, 3.63) is 91.9 Å². The van der Waals surface area contributed by atoms with Crippen LogP contribution in [0.1, 0.15) is 36.6 Å². The maximum Gasteiger partial charge on any atom is 0.322 e. The average molecular weight is 558 g/mol. The Labute approximate surface area is 234 Å². The van der Waals surface area contributed by atoms with E-state index in [9.17, 15) is 14.4 Å². The molecule has 0 saturated heterocycles. The summed E-state index contributed by atoms with van der Waals surface area (Å²) in [5.41, 5.74) is 3.92. The molecular weight excluding hydrogens is 530 g/mol. The maximum atomic E-state index is 13.9. The summed E-state index contributed by atoms with van der Waals surface area (Å²) < 4.78 is 2.64. The lowest BCUT2D eigenvalue weighted by atomic mass is 10.0. The standard InChI is InChI=1S/C29H28ClN7O3/c1-6-22(38)31-11-12-36-21-13-19(30)25(23-16(4)7-8-20-18(23)14-33-35-20)34-27(21)37(29(40)28(36)39)26-17(5)9-10-32-24(26)15(2)3/h6-10,13-15H,1,11-12H2,2-5H3,(H,31,38)(H,33,35). The molecular formula is C29H28ClN7O3. The smallest absolute Gasteiger partial charge is 0.322 e. The van der Waals surface area contributed by atoms with Gasteiger partial charge in [-0.05, 0) is 55.2 Å².